The maximum absolute atomic E-state index is 12.8. The van der Waals surface area contributed by atoms with Gasteiger partial charge in [0.05, 0.1) is 12.0 Å². The molecule has 140 valence electrons. The molecule has 0 spiro atoms. The molecule has 4 rings (SSSR count). The molecule has 0 aliphatic carbocycles. The Hall–Kier alpha value is -2.61. The first-order chi connectivity index (χ1) is 13.1. The number of rotatable bonds is 4. The highest BCUT2D eigenvalue weighted by atomic mass is 35.5. The van der Waals surface area contributed by atoms with Gasteiger partial charge in [-0.1, -0.05) is 23.7 Å². The minimum atomic E-state index is -0.254. The maximum atomic E-state index is 12.8. The van der Waals surface area contributed by atoms with Crippen LogP contribution in [0.2, 0.25) is 5.02 Å². The number of carbonyl (C=O) groups is 2. The summed E-state index contributed by atoms with van der Waals surface area (Å²) in [5.74, 6) is -0.325. The van der Waals surface area contributed by atoms with Crippen LogP contribution in [0.25, 0.3) is 0 Å². The van der Waals surface area contributed by atoms with Crippen molar-refractivity contribution in [3.05, 3.63) is 59.1 Å². The van der Waals surface area contributed by atoms with Crippen molar-refractivity contribution in [2.24, 2.45) is 5.92 Å². The molecule has 4 N–H and O–H groups in total. The van der Waals surface area contributed by atoms with Crippen LogP contribution in [0.15, 0.2) is 48.5 Å². The lowest BCUT2D eigenvalue weighted by Gasteiger charge is -2.19. The van der Waals surface area contributed by atoms with E-state index in [-0.39, 0.29) is 23.9 Å². The van der Waals surface area contributed by atoms with E-state index in [1.807, 2.05) is 48.5 Å². The van der Waals surface area contributed by atoms with Crippen molar-refractivity contribution in [1.82, 2.24) is 16.2 Å². The Morgan fingerprint density at radius 3 is 2.52 bits per heavy atom. The lowest BCUT2D eigenvalue weighted by Crippen LogP contribution is -2.30. The van der Waals surface area contributed by atoms with Crippen LogP contribution in [0.4, 0.5) is 16.2 Å². The lowest BCUT2D eigenvalue weighted by molar-refractivity contribution is -0.119. The summed E-state index contributed by atoms with van der Waals surface area (Å²) in [7, 11) is 0. The van der Waals surface area contributed by atoms with Gasteiger partial charge in [-0.3, -0.25) is 15.1 Å². The zero-order valence-corrected chi connectivity index (χ0v) is 15.3. The fraction of sp³-hybridized carbons (Fsp3) is 0.263. The van der Waals surface area contributed by atoms with Crippen molar-refractivity contribution < 1.29 is 9.59 Å². The zero-order chi connectivity index (χ0) is 18.8. The second-order valence-electron chi connectivity index (χ2n) is 6.58. The van der Waals surface area contributed by atoms with Crippen molar-refractivity contribution in [3.8, 4) is 0 Å². The molecule has 27 heavy (non-hydrogen) atoms. The molecule has 8 heteroatoms. The van der Waals surface area contributed by atoms with E-state index in [1.165, 1.54) is 0 Å². The van der Waals surface area contributed by atoms with Gasteiger partial charge >= 0.3 is 6.03 Å². The molecule has 0 saturated carbocycles. The van der Waals surface area contributed by atoms with Crippen LogP contribution in [0.5, 0.6) is 0 Å². The van der Waals surface area contributed by atoms with Crippen LogP contribution in [0.3, 0.4) is 0 Å². The number of carbonyl (C=O) groups excluding carboxylic acids is 2. The van der Waals surface area contributed by atoms with Crippen LogP contribution in [-0.4, -0.2) is 31.6 Å². The number of hydrogen-bond acceptors (Lipinski definition) is 4. The van der Waals surface area contributed by atoms with Gasteiger partial charge in [-0.05, 0) is 42.0 Å². The highest BCUT2D eigenvalue weighted by Gasteiger charge is 2.34. The van der Waals surface area contributed by atoms with E-state index in [0.717, 1.165) is 11.3 Å². The predicted molar refractivity (Wildman–Crippen MR) is 105 cm³/mol. The molecule has 2 unspecified atom stereocenters. The molecule has 0 aromatic heterocycles. The molecule has 2 atom stereocenters. The summed E-state index contributed by atoms with van der Waals surface area (Å²) in [4.78, 5) is 26.2. The Morgan fingerprint density at radius 2 is 1.85 bits per heavy atom. The first-order valence-corrected chi connectivity index (χ1v) is 9.20. The van der Waals surface area contributed by atoms with E-state index in [2.05, 4.69) is 21.5 Å². The number of urea groups is 1. The van der Waals surface area contributed by atoms with Crippen LogP contribution in [-0.2, 0) is 4.79 Å². The number of nitrogens with zero attached hydrogens (tertiary/aromatic N) is 1. The number of halogens is 1. The molecule has 2 heterocycles. The molecule has 3 amide bonds. The third-order valence-electron chi connectivity index (χ3n) is 4.85. The smallest absolute Gasteiger partial charge is 0.321 e. The summed E-state index contributed by atoms with van der Waals surface area (Å²) >= 11 is 5.95. The molecule has 2 aliphatic heterocycles. The van der Waals surface area contributed by atoms with Crippen LogP contribution < -0.4 is 26.4 Å². The molecule has 7 nitrogen and oxygen atoms in total. The number of benzene rings is 2. The molecule has 2 saturated heterocycles. The fourth-order valence-electron chi connectivity index (χ4n) is 3.40. The van der Waals surface area contributed by atoms with Gasteiger partial charge in [-0.15, -0.1) is 0 Å². The number of nitrogens with one attached hydrogen (secondary N) is 4. The van der Waals surface area contributed by atoms with Gasteiger partial charge in [-0.25, -0.2) is 10.2 Å². The van der Waals surface area contributed by atoms with Gasteiger partial charge in [0.1, 0.15) is 0 Å². The van der Waals surface area contributed by atoms with Gasteiger partial charge < -0.3 is 10.6 Å². The van der Waals surface area contributed by atoms with E-state index in [0.29, 0.717) is 30.3 Å². The van der Waals surface area contributed by atoms with E-state index in [4.69, 9.17) is 11.6 Å². The summed E-state index contributed by atoms with van der Waals surface area (Å²) in [6.45, 7) is 1.82. The van der Waals surface area contributed by atoms with E-state index < -0.39 is 0 Å². The standard InChI is InChI=1S/C19H20ClN5O2/c20-13-3-1-12(2-4-13)17-16(11-22-24-17)18(26)23-14-5-7-15(8-6-14)25-10-9-21-19(25)27/h1-8,16-17,22,24H,9-11H2,(H,21,27)(H,23,26). The fourth-order valence-corrected chi connectivity index (χ4v) is 3.53. The van der Waals surface area contributed by atoms with Gasteiger partial charge in [0.2, 0.25) is 5.91 Å². The van der Waals surface area contributed by atoms with Crippen LogP contribution in [0.1, 0.15) is 11.6 Å². The molecular formula is C19H20ClN5O2. The summed E-state index contributed by atoms with van der Waals surface area (Å²) in [6.07, 6.45) is 0. The van der Waals surface area contributed by atoms with Crippen LogP contribution in [0, 0.1) is 5.92 Å². The van der Waals surface area contributed by atoms with Crippen molar-refractivity contribution in [2.75, 3.05) is 29.9 Å². The summed E-state index contributed by atoms with van der Waals surface area (Å²) in [5, 5.41) is 6.40. The van der Waals surface area contributed by atoms with Gasteiger partial charge in [0.25, 0.3) is 0 Å². The van der Waals surface area contributed by atoms with E-state index >= 15 is 0 Å². The molecule has 2 fully saturated rings. The second kappa shape index (κ2) is 7.56. The first-order valence-electron chi connectivity index (χ1n) is 8.82. The zero-order valence-electron chi connectivity index (χ0n) is 14.5. The Labute approximate surface area is 162 Å². The minimum Gasteiger partial charge on any atom is -0.336 e. The lowest BCUT2D eigenvalue weighted by atomic mass is 9.94. The summed E-state index contributed by atoms with van der Waals surface area (Å²) in [5.41, 5.74) is 8.72. The largest absolute Gasteiger partial charge is 0.336 e. The quantitative estimate of drug-likeness (QED) is 0.650. The van der Waals surface area contributed by atoms with E-state index in [1.54, 1.807) is 4.90 Å². The van der Waals surface area contributed by atoms with Gasteiger partial charge in [-0.2, -0.15) is 0 Å². The topological polar surface area (TPSA) is 85.5 Å². The third kappa shape index (κ3) is 3.75. The Kier molecular flexibility index (Phi) is 4.98. The number of anilines is 2. The Bertz CT molecular complexity index is 840. The predicted octanol–water partition coefficient (Wildman–Crippen LogP) is 2.27. The average molecular weight is 386 g/mol. The minimum absolute atomic E-state index is 0.0703. The summed E-state index contributed by atoms with van der Waals surface area (Å²) < 4.78 is 0. The van der Waals surface area contributed by atoms with Gasteiger partial charge in [0.15, 0.2) is 0 Å². The second-order valence-corrected chi connectivity index (χ2v) is 7.02. The molecule has 2 aliphatic rings. The van der Waals surface area contributed by atoms with Crippen LogP contribution >= 0.6 is 11.6 Å². The summed E-state index contributed by atoms with van der Waals surface area (Å²) in [6, 6.07) is 14.5. The Morgan fingerprint density at radius 1 is 1.11 bits per heavy atom. The van der Waals surface area contributed by atoms with Crippen molar-refractivity contribution in [1.29, 1.82) is 0 Å². The first kappa shape index (κ1) is 17.8. The molecule has 2 aromatic carbocycles. The SMILES string of the molecule is O=C(Nc1ccc(N2CCNC2=O)cc1)C1CNNC1c1ccc(Cl)cc1. The van der Waals surface area contributed by atoms with Crippen molar-refractivity contribution in [3.63, 3.8) is 0 Å². The van der Waals surface area contributed by atoms with E-state index in [9.17, 15) is 9.59 Å². The van der Waals surface area contributed by atoms with Crippen molar-refractivity contribution >= 4 is 34.9 Å². The Balaban J connectivity index is 1.43. The van der Waals surface area contributed by atoms with Crippen molar-refractivity contribution in [2.45, 2.75) is 6.04 Å². The van der Waals surface area contributed by atoms with Gasteiger partial charge in [0, 0.05) is 36.0 Å². The molecule has 0 bridgehead atoms. The number of amides is 3. The monoisotopic (exact) mass is 385 g/mol. The number of hydrazine groups is 1. The highest BCUT2D eigenvalue weighted by Crippen LogP contribution is 2.27. The maximum Gasteiger partial charge on any atom is 0.321 e. The molecule has 2 aromatic rings. The highest BCUT2D eigenvalue weighted by molar-refractivity contribution is 6.30. The normalized spacial score (nSPS) is 22.0. The third-order valence-corrected chi connectivity index (χ3v) is 5.10. The molecular weight excluding hydrogens is 366 g/mol. The number of hydrogen-bond donors (Lipinski definition) is 4. The molecule has 0 radical (unpaired) electrons. The average Bonchev–Trinajstić information content (AvgIpc) is 3.32.